The number of hydrogen-bond donors (Lipinski definition) is 1. The Morgan fingerprint density at radius 1 is 1.10 bits per heavy atom. The van der Waals surface area contributed by atoms with Gasteiger partial charge in [-0.25, -0.2) is 4.79 Å². The Hall–Kier alpha value is -3.41. The zero-order chi connectivity index (χ0) is 21.3. The highest BCUT2D eigenvalue weighted by atomic mass is 16.5. The van der Waals surface area contributed by atoms with Gasteiger partial charge in [0.1, 0.15) is 5.56 Å². The molecule has 0 atom stereocenters. The molecule has 0 aliphatic heterocycles. The molecule has 0 unspecified atom stereocenters. The molecule has 1 heterocycles. The average Bonchev–Trinajstić information content (AvgIpc) is 3.48. The number of aromatic nitrogens is 1. The molecule has 6 heteroatoms. The van der Waals surface area contributed by atoms with E-state index in [-0.39, 0.29) is 17.3 Å². The van der Waals surface area contributed by atoms with Crippen molar-refractivity contribution in [2.45, 2.75) is 38.5 Å². The van der Waals surface area contributed by atoms with E-state index >= 15 is 0 Å². The molecule has 1 N–H and O–H groups in total. The van der Waals surface area contributed by atoms with Gasteiger partial charge in [0.2, 0.25) is 0 Å². The molecule has 6 nitrogen and oxygen atoms in total. The van der Waals surface area contributed by atoms with Crippen molar-refractivity contribution < 1.29 is 24.0 Å². The third kappa shape index (κ3) is 3.38. The van der Waals surface area contributed by atoms with E-state index in [1.807, 2.05) is 55.5 Å². The standard InChI is InChI=1S/C24H23NO5/c1-3-14-29-23(28)24(12-13-24)19-7-5-4-6-18(19)16-8-10-17(11-9-16)21-20(22(26)27)15(2)25-30-21/h4-11H,3,12-14H2,1-2H3,(H,26,27). The second kappa shape index (κ2) is 7.78. The molecule has 1 aliphatic carbocycles. The molecule has 0 radical (unpaired) electrons. The summed E-state index contributed by atoms with van der Waals surface area (Å²) in [4.78, 5) is 24.2. The fourth-order valence-corrected chi connectivity index (χ4v) is 3.81. The number of nitrogens with zero attached hydrogens (tertiary/aromatic N) is 1. The first kappa shape index (κ1) is 19.9. The Morgan fingerprint density at radius 3 is 2.40 bits per heavy atom. The summed E-state index contributed by atoms with van der Waals surface area (Å²) in [5.41, 5.74) is 3.37. The number of ether oxygens (including phenoxy) is 1. The monoisotopic (exact) mass is 405 g/mol. The highest BCUT2D eigenvalue weighted by Crippen LogP contribution is 2.52. The fraction of sp³-hybridized carbons (Fsp3) is 0.292. The van der Waals surface area contributed by atoms with Crippen LogP contribution in [0.15, 0.2) is 53.1 Å². The molecule has 1 aromatic heterocycles. The number of carboxylic acids is 1. The van der Waals surface area contributed by atoms with Gasteiger partial charge in [0.25, 0.3) is 0 Å². The molecule has 1 saturated carbocycles. The Bertz CT molecular complexity index is 1090. The Labute approximate surface area is 174 Å². The van der Waals surface area contributed by atoms with Crippen LogP contribution in [-0.4, -0.2) is 28.8 Å². The third-order valence-electron chi connectivity index (χ3n) is 5.56. The summed E-state index contributed by atoms with van der Waals surface area (Å²) >= 11 is 0. The van der Waals surface area contributed by atoms with Crippen LogP contribution in [0.4, 0.5) is 0 Å². The number of rotatable bonds is 7. The van der Waals surface area contributed by atoms with E-state index in [9.17, 15) is 14.7 Å². The highest BCUT2D eigenvalue weighted by Gasteiger charge is 2.53. The first-order valence-electron chi connectivity index (χ1n) is 10.0. The van der Waals surface area contributed by atoms with Gasteiger partial charge in [-0.05, 0) is 42.9 Å². The van der Waals surface area contributed by atoms with Crippen LogP contribution in [0, 0.1) is 6.92 Å². The van der Waals surface area contributed by atoms with Crippen molar-refractivity contribution in [1.82, 2.24) is 5.16 Å². The zero-order valence-electron chi connectivity index (χ0n) is 17.0. The Kier molecular flexibility index (Phi) is 5.16. The van der Waals surface area contributed by atoms with Gasteiger partial charge in [-0.15, -0.1) is 0 Å². The summed E-state index contributed by atoms with van der Waals surface area (Å²) in [5, 5.41) is 13.2. The van der Waals surface area contributed by atoms with E-state index in [2.05, 4.69) is 5.16 Å². The first-order chi connectivity index (χ1) is 14.5. The number of benzene rings is 2. The van der Waals surface area contributed by atoms with Crippen LogP contribution in [-0.2, 0) is 14.9 Å². The van der Waals surface area contributed by atoms with E-state index in [0.29, 0.717) is 17.9 Å². The SMILES string of the molecule is CCCOC(=O)C1(c2ccccc2-c2ccc(-c3onc(C)c3C(=O)O)cc2)CC1. The van der Waals surface area contributed by atoms with Gasteiger partial charge in [-0.2, -0.15) is 0 Å². The number of carbonyl (C=O) groups excluding carboxylic acids is 1. The largest absolute Gasteiger partial charge is 0.477 e. The number of carbonyl (C=O) groups is 2. The van der Waals surface area contributed by atoms with Crippen molar-refractivity contribution >= 4 is 11.9 Å². The first-order valence-corrected chi connectivity index (χ1v) is 10.0. The molecule has 0 saturated heterocycles. The lowest BCUT2D eigenvalue weighted by atomic mass is 9.88. The molecule has 0 bridgehead atoms. The lowest BCUT2D eigenvalue weighted by Crippen LogP contribution is -2.24. The van der Waals surface area contributed by atoms with Crippen molar-refractivity contribution in [1.29, 1.82) is 0 Å². The van der Waals surface area contributed by atoms with E-state index in [1.54, 1.807) is 6.92 Å². The summed E-state index contributed by atoms with van der Waals surface area (Å²) in [6.45, 7) is 4.02. The maximum absolute atomic E-state index is 12.7. The van der Waals surface area contributed by atoms with Crippen LogP contribution in [0.25, 0.3) is 22.5 Å². The minimum absolute atomic E-state index is 0.0683. The van der Waals surface area contributed by atoms with Crippen molar-refractivity contribution in [2.24, 2.45) is 0 Å². The molecule has 3 aromatic rings. The van der Waals surface area contributed by atoms with Gasteiger partial charge in [-0.1, -0.05) is 60.6 Å². The molecular formula is C24H23NO5. The van der Waals surface area contributed by atoms with Crippen LogP contribution in [0.1, 0.15) is 47.8 Å². The predicted molar refractivity (Wildman–Crippen MR) is 111 cm³/mol. The van der Waals surface area contributed by atoms with Gasteiger partial charge in [-0.3, -0.25) is 4.79 Å². The van der Waals surface area contributed by atoms with Crippen LogP contribution >= 0.6 is 0 Å². The Morgan fingerprint density at radius 2 is 1.77 bits per heavy atom. The van der Waals surface area contributed by atoms with Gasteiger partial charge < -0.3 is 14.4 Å². The number of carboxylic acid groups (broad SMARTS) is 1. The van der Waals surface area contributed by atoms with Gasteiger partial charge in [0, 0.05) is 5.56 Å². The summed E-state index contributed by atoms with van der Waals surface area (Å²) in [6, 6.07) is 15.3. The summed E-state index contributed by atoms with van der Waals surface area (Å²) in [5.74, 6) is -0.988. The van der Waals surface area contributed by atoms with Crippen molar-refractivity contribution in [2.75, 3.05) is 6.61 Å². The molecule has 1 aliphatic rings. The topological polar surface area (TPSA) is 89.6 Å². The summed E-state index contributed by atoms with van der Waals surface area (Å²) in [6.07, 6.45) is 2.36. The van der Waals surface area contributed by atoms with Gasteiger partial charge in [0.05, 0.1) is 17.7 Å². The second-order valence-corrected chi connectivity index (χ2v) is 7.62. The van der Waals surface area contributed by atoms with Crippen LogP contribution in [0.2, 0.25) is 0 Å². The van der Waals surface area contributed by atoms with Gasteiger partial charge >= 0.3 is 11.9 Å². The van der Waals surface area contributed by atoms with E-state index in [4.69, 9.17) is 9.26 Å². The molecule has 0 amide bonds. The van der Waals surface area contributed by atoms with Gasteiger partial charge in [0.15, 0.2) is 5.76 Å². The number of aromatic carboxylic acids is 1. The maximum Gasteiger partial charge on any atom is 0.341 e. The minimum Gasteiger partial charge on any atom is -0.477 e. The van der Waals surface area contributed by atoms with Crippen molar-refractivity contribution in [3.05, 3.63) is 65.4 Å². The fourth-order valence-electron chi connectivity index (χ4n) is 3.81. The lowest BCUT2D eigenvalue weighted by Gasteiger charge is -2.19. The average molecular weight is 405 g/mol. The van der Waals surface area contributed by atoms with E-state index in [0.717, 1.165) is 36.0 Å². The quantitative estimate of drug-likeness (QED) is 0.557. The molecule has 1 fully saturated rings. The van der Waals surface area contributed by atoms with Crippen molar-refractivity contribution in [3.8, 4) is 22.5 Å². The number of aryl methyl sites for hydroxylation is 1. The van der Waals surface area contributed by atoms with Crippen LogP contribution in [0.3, 0.4) is 0 Å². The molecule has 30 heavy (non-hydrogen) atoms. The third-order valence-corrected chi connectivity index (χ3v) is 5.56. The van der Waals surface area contributed by atoms with Crippen molar-refractivity contribution in [3.63, 3.8) is 0 Å². The van der Waals surface area contributed by atoms with E-state index < -0.39 is 11.4 Å². The summed E-state index contributed by atoms with van der Waals surface area (Å²) < 4.78 is 10.7. The second-order valence-electron chi connectivity index (χ2n) is 7.62. The van der Waals surface area contributed by atoms with Crippen LogP contribution < -0.4 is 0 Å². The maximum atomic E-state index is 12.7. The minimum atomic E-state index is -1.07. The zero-order valence-corrected chi connectivity index (χ0v) is 17.0. The Balaban J connectivity index is 1.69. The van der Waals surface area contributed by atoms with E-state index in [1.165, 1.54) is 0 Å². The normalized spacial score (nSPS) is 14.3. The molecular weight excluding hydrogens is 382 g/mol. The summed E-state index contributed by atoms with van der Waals surface area (Å²) in [7, 11) is 0. The molecule has 2 aromatic carbocycles. The van der Waals surface area contributed by atoms with Crippen LogP contribution in [0.5, 0.6) is 0 Å². The number of esters is 1. The predicted octanol–water partition coefficient (Wildman–Crippen LogP) is 5.00. The molecule has 0 spiro atoms. The number of hydrogen-bond acceptors (Lipinski definition) is 5. The smallest absolute Gasteiger partial charge is 0.341 e. The molecule has 154 valence electrons. The highest BCUT2D eigenvalue weighted by molar-refractivity contribution is 5.95. The molecule has 4 rings (SSSR count). The lowest BCUT2D eigenvalue weighted by molar-refractivity contribution is -0.146.